The number of nitrogens with zero attached hydrogens (tertiary/aromatic N) is 2. The van der Waals surface area contributed by atoms with Gasteiger partial charge in [-0.25, -0.2) is 4.98 Å². The van der Waals surface area contributed by atoms with Gasteiger partial charge < -0.3 is 0 Å². The van der Waals surface area contributed by atoms with Crippen LogP contribution >= 0.6 is 11.3 Å². The maximum atomic E-state index is 12.5. The molecular weight excluding hydrogens is 286 g/mol. The van der Waals surface area contributed by atoms with Crippen LogP contribution in [0.3, 0.4) is 0 Å². The van der Waals surface area contributed by atoms with Gasteiger partial charge in [0.2, 0.25) is 11.8 Å². The van der Waals surface area contributed by atoms with E-state index in [2.05, 4.69) is 10.3 Å². The van der Waals surface area contributed by atoms with Crippen LogP contribution in [0, 0.1) is 6.92 Å². The largest absolute Gasteiger partial charge is 0.297 e. The van der Waals surface area contributed by atoms with Crippen molar-refractivity contribution in [1.82, 2.24) is 15.2 Å². The zero-order chi connectivity index (χ0) is 15.0. The Hall–Kier alpha value is -1.27. The first-order valence-electron chi connectivity index (χ1n) is 7.60. The zero-order valence-corrected chi connectivity index (χ0v) is 13.3. The van der Waals surface area contributed by atoms with Crippen LogP contribution in [0.2, 0.25) is 0 Å². The van der Waals surface area contributed by atoms with E-state index in [0.717, 1.165) is 35.6 Å². The number of amides is 2. The molecule has 1 aromatic rings. The van der Waals surface area contributed by atoms with E-state index in [1.54, 1.807) is 11.3 Å². The number of carbonyl (C=O) groups is 2. The minimum atomic E-state index is -0.391. The van der Waals surface area contributed by atoms with Crippen molar-refractivity contribution in [2.24, 2.45) is 0 Å². The van der Waals surface area contributed by atoms with E-state index >= 15 is 0 Å². The molecule has 0 bridgehead atoms. The van der Waals surface area contributed by atoms with Crippen LogP contribution in [0.1, 0.15) is 55.0 Å². The number of aryl methyl sites for hydroxylation is 1. The predicted molar refractivity (Wildman–Crippen MR) is 80.9 cm³/mol. The van der Waals surface area contributed by atoms with Crippen molar-refractivity contribution in [2.45, 2.75) is 64.1 Å². The van der Waals surface area contributed by atoms with E-state index in [1.807, 2.05) is 20.0 Å². The zero-order valence-electron chi connectivity index (χ0n) is 12.5. The lowest BCUT2D eigenvalue weighted by Gasteiger charge is -2.23. The topological polar surface area (TPSA) is 62.3 Å². The number of likely N-dealkylation sites (tertiary alicyclic amines) is 1. The van der Waals surface area contributed by atoms with Crippen LogP contribution in [0.25, 0.3) is 0 Å². The van der Waals surface area contributed by atoms with E-state index < -0.39 is 6.04 Å². The Morgan fingerprint density at radius 1 is 1.38 bits per heavy atom. The van der Waals surface area contributed by atoms with Crippen molar-refractivity contribution in [3.63, 3.8) is 0 Å². The maximum Gasteiger partial charge on any atom is 0.247 e. The van der Waals surface area contributed by atoms with Crippen LogP contribution in [-0.2, 0) is 9.59 Å². The predicted octanol–water partition coefficient (Wildman–Crippen LogP) is 2.17. The van der Waals surface area contributed by atoms with Crippen molar-refractivity contribution in [3.8, 4) is 0 Å². The Bertz CT molecular complexity index is 551. The van der Waals surface area contributed by atoms with Gasteiger partial charge in [0.25, 0.3) is 0 Å². The first kappa shape index (κ1) is 14.7. The molecule has 0 radical (unpaired) electrons. The Morgan fingerprint density at radius 3 is 2.71 bits per heavy atom. The van der Waals surface area contributed by atoms with Crippen molar-refractivity contribution in [3.05, 3.63) is 16.1 Å². The fourth-order valence-corrected chi connectivity index (χ4v) is 4.06. The molecule has 1 aliphatic carbocycles. The third kappa shape index (κ3) is 2.87. The van der Waals surface area contributed by atoms with Crippen LogP contribution in [0.4, 0.5) is 0 Å². The molecule has 114 valence electrons. The third-order valence-corrected chi connectivity index (χ3v) is 5.43. The Balaban J connectivity index is 1.66. The molecule has 2 aliphatic rings. The standard InChI is InChI=1S/C15H21N3O2S/c1-9-8-16-14(21-9)10(2)17-12-7-13(19)18(15(12)20)11-5-3-4-6-11/h8,10-12,17H,3-7H2,1-2H3. The van der Waals surface area contributed by atoms with Crippen LogP contribution in [0.15, 0.2) is 6.20 Å². The Morgan fingerprint density at radius 2 is 2.10 bits per heavy atom. The molecule has 2 atom stereocenters. The number of aromatic nitrogens is 1. The van der Waals surface area contributed by atoms with Gasteiger partial charge in [-0.3, -0.25) is 19.8 Å². The lowest BCUT2D eigenvalue weighted by molar-refractivity contribution is -0.141. The summed E-state index contributed by atoms with van der Waals surface area (Å²) in [6, 6.07) is -0.263. The number of hydrogen-bond acceptors (Lipinski definition) is 5. The Labute approximate surface area is 128 Å². The van der Waals surface area contributed by atoms with Crippen LogP contribution in [0.5, 0.6) is 0 Å². The molecule has 3 rings (SSSR count). The smallest absolute Gasteiger partial charge is 0.247 e. The summed E-state index contributed by atoms with van der Waals surface area (Å²) in [7, 11) is 0. The number of rotatable bonds is 4. The van der Waals surface area contributed by atoms with E-state index in [-0.39, 0.29) is 30.3 Å². The van der Waals surface area contributed by atoms with Gasteiger partial charge in [0.1, 0.15) is 5.01 Å². The first-order valence-corrected chi connectivity index (χ1v) is 8.42. The summed E-state index contributed by atoms with van der Waals surface area (Å²) in [6.07, 6.45) is 6.29. The fraction of sp³-hybridized carbons (Fsp3) is 0.667. The average molecular weight is 307 g/mol. The number of nitrogens with one attached hydrogen (secondary N) is 1. The number of imide groups is 1. The van der Waals surface area contributed by atoms with Crippen molar-refractivity contribution >= 4 is 23.2 Å². The molecule has 1 aliphatic heterocycles. The van der Waals surface area contributed by atoms with E-state index in [0.29, 0.717) is 0 Å². The molecule has 1 saturated carbocycles. The van der Waals surface area contributed by atoms with Crippen molar-refractivity contribution < 1.29 is 9.59 Å². The number of carbonyl (C=O) groups excluding carboxylic acids is 2. The first-order chi connectivity index (χ1) is 10.1. The van der Waals surface area contributed by atoms with Crippen molar-refractivity contribution in [2.75, 3.05) is 0 Å². The second-order valence-corrected chi connectivity index (χ2v) is 7.26. The van der Waals surface area contributed by atoms with Gasteiger partial charge >= 0.3 is 0 Å². The van der Waals surface area contributed by atoms with Gasteiger partial charge in [-0.15, -0.1) is 11.3 Å². The molecule has 21 heavy (non-hydrogen) atoms. The highest BCUT2D eigenvalue weighted by Crippen LogP contribution is 2.29. The highest BCUT2D eigenvalue weighted by molar-refractivity contribution is 7.11. The summed E-state index contributed by atoms with van der Waals surface area (Å²) in [5, 5.41) is 4.24. The average Bonchev–Trinajstić information content (AvgIpc) is 3.13. The maximum absolute atomic E-state index is 12.5. The minimum absolute atomic E-state index is 0.00558. The molecule has 2 amide bonds. The third-order valence-electron chi connectivity index (χ3n) is 4.33. The van der Waals surface area contributed by atoms with Crippen LogP contribution in [-0.4, -0.2) is 33.8 Å². The molecule has 0 aromatic carbocycles. The normalized spacial score (nSPS) is 25.0. The molecule has 6 heteroatoms. The summed E-state index contributed by atoms with van der Waals surface area (Å²) in [5.74, 6) is -0.0704. The molecule has 0 spiro atoms. The van der Waals surface area contributed by atoms with Gasteiger partial charge in [0.15, 0.2) is 0 Å². The van der Waals surface area contributed by atoms with E-state index in [9.17, 15) is 9.59 Å². The minimum Gasteiger partial charge on any atom is -0.297 e. The Kier molecular flexibility index (Phi) is 4.08. The molecule has 2 fully saturated rings. The summed E-state index contributed by atoms with van der Waals surface area (Å²) >= 11 is 1.62. The van der Waals surface area contributed by atoms with Gasteiger partial charge in [0, 0.05) is 17.1 Å². The lowest BCUT2D eigenvalue weighted by Crippen LogP contribution is -2.43. The van der Waals surface area contributed by atoms with Gasteiger partial charge in [-0.05, 0) is 26.7 Å². The monoisotopic (exact) mass is 307 g/mol. The SMILES string of the molecule is Cc1cnc(C(C)NC2CC(=O)N(C3CCCC3)C2=O)s1. The summed E-state index contributed by atoms with van der Waals surface area (Å²) in [6.45, 7) is 4.01. The van der Waals surface area contributed by atoms with E-state index in [1.165, 1.54) is 4.90 Å². The fourth-order valence-electron chi connectivity index (χ4n) is 3.27. The quantitative estimate of drug-likeness (QED) is 0.866. The summed E-state index contributed by atoms with van der Waals surface area (Å²) < 4.78 is 0. The molecule has 5 nitrogen and oxygen atoms in total. The van der Waals surface area contributed by atoms with Gasteiger partial charge in [-0.1, -0.05) is 12.8 Å². The van der Waals surface area contributed by atoms with E-state index in [4.69, 9.17) is 0 Å². The van der Waals surface area contributed by atoms with Crippen LogP contribution < -0.4 is 5.32 Å². The summed E-state index contributed by atoms with van der Waals surface area (Å²) in [5.41, 5.74) is 0. The highest BCUT2D eigenvalue weighted by atomic mass is 32.1. The van der Waals surface area contributed by atoms with Crippen molar-refractivity contribution in [1.29, 1.82) is 0 Å². The summed E-state index contributed by atoms with van der Waals surface area (Å²) in [4.78, 5) is 31.7. The molecular formula is C15H21N3O2S. The molecule has 1 N–H and O–H groups in total. The second-order valence-electron chi connectivity index (χ2n) is 5.99. The number of hydrogen-bond donors (Lipinski definition) is 1. The number of thiazole rings is 1. The molecule has 1 saturated heterocycles. The van der Waals surface area contributed by atoms with Gasteiger partial charge in [0.05, 0.1) is 18.5 Å². The van der Waals surface area contributed by atoms with Gasteiger partial charge in [-0.2, -0.15) is 0 Å². The highest BCUT2D eigenvalue weighted by Gasteiger charge is 2.43. The molecule has 1 aromatic heterocycles. The second kappa shape index (κ2) is 5.85. The molecule has 2 unspecified atom stereocenters. The molecule has 2 heterocycles. The lowest BCUT2D eigenvalue weighted by atomic mass is 10.2.